The van der Waals surface area contributed by atoms with E-state index in [4.69, 9.17) is 10.5 Å². The number of aryl methyl sites for hydroxylation is 2. The number of hydrogen-bond acceptors (Lipinski definition) is 4. The van der Waals surface area contributed by atoms with E-state index in [1.807, 2.05) is 32.0 Å². The number of rotatable bonds is 5. The molecule has 2 rings (SSSR count). The smallest absolute Gasteiger partial charge is 0.266 e. The summed E-state index contributed by atoms with van der Waals surface area (Å²) in [7, 11) is 1.64. The monoisotopic (exact) mass is 287 g/mol. The summed E-state index contributed by atoms with van der Waals surface area (Å²) >= 11 is 0. The molecule has 0 aliphatic heterocycles. The van der Waals surface area contributed by atoms with Gasteiger partial charge in [0.15, 0.2) is 0 Å². The molecule has 2 aromatic rings. The maximum Gasteiger partial charge on any atom is 0.266 e. The summed E-state index contributed by atoms with van der Waals surface area (Å²) in [4.78, 5) is 11.7. The van der Waals surface area contributed by atoms with Gasteiger partial charge >= 0.3 is 0 Å². The molecule has 0 radical (unpaired) electrons. The van der Waals surface area contributed by atoms with E-state index in [1.54, 1.807) is 13.2 Å². The van der Waals surface area contributed by atoms with Gasteiger partial charge in [-0.25, -0.2) is 4.68 Å². The molecule has 0 aliphatic carbocycles. The fourth-order valence-electron chi connectivity index (χ4n) is 2.27. The Morgan fingerprint density at radius 2 is 2.10 bits per heavy atom. The standard InChI is InChI=1S/C16H21N3O2/c1-4-9-19-15(20)8-6-13(18-19)16(17)12-5-7-14(21-3)11(2)10-12/h5-8,10,16H,4,9,17H2,1-3H3. The zero-order chi connectivity index (χ0) is 15.4. The third-order valence-electron chi connectivity index (χ3n) is 3.42. The van der Waals surface area contributed by atoms with Gasteiger partial charge in [0.05, 0.1) is 18.8 Å². The third-order valence-corrected chi connectivity index (χ3v) is 3.42. The molecule has 0 bridgehead atoms. The van der Waals surface area contributed by atoms with Crippen LogP contribution in [0, 0.1) is 6.92 Å². The minimum absolute atomic E-state index is 0.0984. The van der Waals surface area contributed by atoms with Crippen LogP contribution in [-0.2, 0) is 6.54 Å². The van der Waals surface area contributed by atoms with Crippen LogP contribution in [0.2, 0.25) is 0 Å². The number of aromatic nitrogens is 2. The molecule has 0 saturated carbocycles. The minimum atomic E-state index is -0.363. The van der Waals surface area contributed by atoms with Crippen LogP contribution in [-0.4, -0.2) is 16.9 Å². The molecule has 1 atom stereocenters. The van der Waals surface area contributed by atoms with E-state index in [0.29, 0.717) is 12.2 Å². The van der Waals surface area contributed by atoms with Crippen molar-refractivity contribution < 1.29 is 4.74 Å². The van der Waals surface area contributed by atoms with Crippen molar-refractivity contribution >= 4 is 0 Å². The fraction of sp³-hybridized carbons (Fsp3) is 0.375. The zero-order valence-corrected chi connectivity index (χ0v) is 12.7. The summed E-state index contributed by atoms with van der Waals surface area (Å²) in [5.41, 5.74) is 8.83. The number of nitrogens with zero attached hydrogens (tertiary/aromatic N) is 2. The Hall–Kier alpha value is -2.14. The van der Waals surface area contributed by atoms with E-state index in [0.717, 1.165) is 23.3 Å². The van der Waals surface area contributed by atoms with Crippen molar-refractivity contribution in [2.24, 2.45) is 5.73 Å². The van der Waals surface area contributed by atoms with Crippen LogP contribution in [0.15, 0.2) is 35.1 Å². The summed E-state index contributed by atoms with van der Waals surface area (Å²) in [6, 6.07) is 8.66. The van der Waals surface area contributed by atoms with Gasteiger partial charge in [-0.3, -0.25) is 4.79 Å². The topological polar surface area (TPSA) is 70.1 Å². The molecule has 1 aromatic heterocycles. The van der Waals surface area contributed by atoms with Crippen LogP contribution in [0.3, 0.4) is 0 Å². The van der Waals surface area contributed by atoms with E-state index in [2.05, 4.69) is 5.10 Å². The van der Waals surface area contributed by atoms with Crippen LogP contribution in [0.4, 0.5) is 0 Å². The second-order valence-corrected chi connectivity index (χ2v) is 5.03. The molecule has 1 aromatic carbocycles. The van der Waals surface area contributed by atoms with Gasteiger partial charge in [-0.2, -0.15) is 5.10 Å². The second-order valence-electron chi connectivity index (χ2n) is 5.03. The highest BCUT2D eigenvalue weighted by Gasteiger charge is 2.13. The predicted molar refractivity (Wildman–Crippen MR) is 82.5 cm³/mol. The number of hydrogen-bond donors (Lipinski definition) is 1. The summed E-state index contributed by atoms with van der Waals surface area (Å²) in [6.45, 7) is 4.58. The van der Waals surface area contributed by atoms with Crippen molar-refractivity contribution in [3.05, 3.63) is 57.5 Å². The molecule has 0 spiro atoms. The van der Waals surface area contributed by atoms with Gasteiger partial charge in [0, 0.05) is 12.6 Å². The molecule has 0 fully saturated rings. The highest BCUT2D eigenvalue weighted by Crippen LogP contribution is 2.24. The molecule has 5 nitrogen and oxygen atoms in total. The van der Waals surface area contributed by atoms with Crippen molar-refractivity contribution in [3.63, 3.8) is 0 Å². The second kappa shape index (κ2) is 6.54. The summed E-state index contributed by atoms with van der Waals surface area (Å²) in [6.07, 6.45) is 0.854. The molecule has 0 aliphatic rings. The Bertz CT molecular complexity index is 679. The van der Waals surface area contributed by atoms with Gasteiger partial charge in [0.25, 0.3) is 5.56 Å². The SMILES string of the molecule is CCCn1nc(C(N)c2ccc(OC)c(C)c2)ccc1=O. The Morgan fingerprint density at radius 3 is 2.71 bits per heavy atom. The first kappa shape index (κ1) is 15.3. The normalized spacial score (nSPS) is 12.2. The summed E-state index contributed by atoms with van der Waals surface area (Å²) in [5, 5.41) is 4.36. The molecule has 2 N–H and O–H groups in total. The average molecular weight is 287 g/mol. The van der Waals surface area contributed by atoms with Crippen molar-refractivity contribution in [2.45, 2.75) is 32.9 Å². The minimum Gasteiger partial charge on any atom is -0.496 e. The third kappa shape index (κ3) is 3.31. The molecule has 5 heteroatoms. The van der Waals surface area contributed by atoms with Crippen molar-refractivity contribution in [1.29, 1.82) is 0 Å². The van der Waals surface area contributed by atoms with Crippen LogP contribution in [0.5, 0.6) is 5.75 Å². The molecule has 112 valence electrons. The van der Waals surface area contributed by atoms with Gasteiger partial charge in [-0.05, 0) is 36.6 Å². The van der Waals surface area contributed by atoms with Crippen LogP contribution < -0.4 is 16.0 Å². The fourth-order valence-corrected chi connectivity index (χ4v) is 2.27. The number of methoxy groups -OCH3 is 1. The number of benzene rings is 1. The Balaban J connectivity index is 2.35. The van der Waals surface area contributed by atoms with Gasteiger partial charge < -0.3 is 10.5 Å². The maximum atomic E-state index is 11.7. The lowest BCUT2D eigenvalue weighted by Crippen LogP contribution is -2.25. The quantitative estimate of drug-likeness (QED) is 0.913. The van der Waals surface area contributed by atoms with Crippen molar-refractivity contribution in [1.82, 2.24) is 9.78 Å². The molecular weight excluding hydrogens is 266 g/mol. The molecule has 21 heavy (non-hydrogen) atoms. The van der Waals surface area contributed by atoms with Crippen molar-refractivity contribution in [2.75, 3.05) is 7.11 Å². The number of ether oxygens (including phenoxy) is 1. The van der Waals surface area contributed by atoms with Gasteiger partial charge in [0.1, 0.15) is 5.75 Å². The lowest BCUT2D eigenvalue weighted by Gasteiger charge is -2.15. The molecular formula is C16H21N3O2. The van der Waals surface area contributed by atoms with Gasteiger partial charge in [0.2, 0.25) is 0 Å². The summed E-state index contributed by atoms with van der Waals surface area (Å²) in [5.74, 6) is 0.829. The lowest BCUT2D eigenvalue weighted by atomic mass is 10.0. The molecule has 0 saturated heterocycles. The average Bonchev–Trinajstić information content (AvgIpc) is 2.49. The predicted octanol–water partition coefficient (Wildman–Crippen LogP) is 2.02. The van der Waals surface area contributed by atoms with Crippen LogP contribution >= 0.6 is 0 Å². The molecule has 1 heterocycles. The Morgan fingerprint density at radius 1 is 1.33 bits per heavy atom. The summed E-state index contributed by atoms with van der Waals surface area (Å²) < 4.78 is 6.71. The van der Waals surface area contributed by atoms with Crippen molar-refractivity contribution in [3.8, 4) is 5.75 Å². The van der Waals surface area contributed by atoms with Crippen LogP contribution in [0.1, 0.15) is 36.2 Å². The first-order valence-electron chi connectivity index (χ1n) is 7.05. The first-order chi connectivity index (χ1) is 10.1. The van der Waals surface area contributed by atoms with E-state index >= 15 is 0 Å². The van der Waals surface area contributed by atoms with E-state index in [-0.39, 0.29) is 11.6 Å². The Kier molecular flexibility index (Phi) is 4.75. The first-order valence-corrected chi connectivity index (χ1v) is 7.05. The lowest BCUT2D eigenvalue weighted by molar-refractivity contribution is 0.411. The van der Waals surface area contributed by atoms with Gasteiger partial charge in [-0.15, -0.1) is 0 Å². The highest BCUT2D eigenvalue weighted by atomic mass is 16.5. The van der Waals surface area contributed by atoms with E-state index in [9.17, 15) is 4.79 Å². The molecule has 1 unspecified atom stereocenters. The van der Waals surface area contributed by atoms with Gasteiger partial charge in [-0.1, -0.05) is 19.1 Å². The zero-order valence-electron chi connectivity index (χ0n) is 12.7. The number of nitrogens with two attached hydrogens (primary N) is 1. The molecule has 0 amide bonds. The largest absolute Gasteiger partial charge is 0.496 e. The van der Waals surface area contributed by atoms with E-state index < -0.39 is 0 Å². The highest BCUT2D eigenvalue weighted by molar-refractivity contribution is 5.39. The van der Waals surface area contributed by atoms with E-state index in [1.165, 1.54) is 10.7 Å². The van der Waals surface area contributed by atoms with Crippen LogP contribution in [0.25, 0.3) is 0 Å². The maximum absolute atomic E-state index is 11.7. The Labute approximate surface area is 124 Å².